The lowest BCUT2D eigenvalue weighted by Crippen LogP contribution is -2.39. The van der Waals surface area contributed by atoms with E-state index in [0.29, 0.717) is 4.88 Å². The molecule has 0 saturated carbocycles. The van der Waals surface area contributed by atoms with E-state index < -0.39 is 0 Å². The number of aromatic nitrogens is 1. The van der Waals surface area contributed by atoms with Gasteiger partial charge in [-0.25, -0.2) is 0 Å². The molecule has 0 bridgehead atoms. The summed E-state index contributed by atoms with van der Waals surface area (Å²) < 4.78 is 1.81. The highest BCUT2D eigenvalue weighted by Gasteiger charge is 2.31. The molecule has 0 fully saturated rings. The smallest absolute Gasteiger partial charge is 0.345 e. The molecule has 1 heterocycles. The fourth-order valence-electron chi connectivity index (χ4n) is 2.62. The van der Waals surface area contributed by atoms with Gasteiger partial charge in [-0.2, -0.15) is 4.57 Å². The minimum atomic E-state index is -0.0978. The Labute approximate surface area is 148 Å². The van der Waals surface area contributed by atoms with Crippen molar-refractivity contribution in [2.45, 2.75) is 46.5 Å². The second kappa shape index (κ2) is 8.83. The first-order chi connectivity index (χ1) is 11.6. The van der Waals surface area contributed by atoms with E-state index >= 15 is 0 Å². The molecule has 0 unspecified atom stereocenters. The number of anilines is 1. The van der Waals surface area contributed by atoms with Crippen LogP contribution in [0.1, 0.15) is 56.1 Å². The predicted molar refractivity (Wildman–Crippen MR) is 99.5 cm³/mol. The number of unbranched alkanes of at least 4 members (excludes halogenated alkanes) is 2. The SMILES string of the molecule is CCCCN(CCCC)c1sc(C(C)=O)c(O)[n+]1-c1ccccc1. The van der Waals surface area contributed by atoms with Gasteiger partial charge in [-0.05, 0) is 36.3 Å². The Bertz CT molecular complexity index is 660. The Hall–Kier alpha value is -1.88. The largest absolute Gasteiger partial charge is 0.476 e. The lowest BCUT2D eigenvalue weighted by Gasteiger charge is -2.16. The van der Waals surface area contributed by atoms with Crippen molar-refractivity contribution in [3.63, 3.8) is 0 Å². The summed E-state index contributed by atoms with van der Waals surface area (Å²) in [5.74, 6) is -0.0499. The molecule has 0 aliphatic rings. The molecule has 1 aromatic carbocycles. The first-order valence-corrected chi connectivity index (χ1v) is 9.50. The third-order valence-corrected chi connectivity index (χ3v) is 5.26. The molecule has 0 amide bonds. The van der Waals surface area contributed by atoms with Crippen LogP contribution in [0.15, 0.2) is 30.3 Å². The van der Waals surface area contributed by atoms with Crippen LogP contribution in [0.3, 0.4) is 0 Å². The van der Waals surface area contributed by atoms with E-state index in [9.17, 15) is 9.90 Å². The van der Waals surface area contributed by atoms with Crippen LogP contribution in [0, 0.1) is 0 Å². The van der Waals surface area contributed by atoms with E-state index in [0.717, 1.165) is 49.6 Å². The summed E-state index contributed by atoms with van der Waals surface area (Å²) in [5.41, 5.74) is 0.881. The molecular weight excluding hydrogens is 320 g/mol. The molecule has 0 aliphatic heterocycles. The molecule has 2 aromatic rings. The second-order valence-electron chi connectivity index (χ2n) is 5.96. The van der Waals surface area contributed by atoms with Crippen LogP contribution < -0.4 is 9.47 Å². The zero-order valence-electron chi connectivity index (χ0n) is 14.8. The molecule has 0 spiro atoms. The van der Waals surface area contributed by atoms with Crippen molar-refractivity contribution in [2.24, 2.45) is 0 Å². The summed E-state index contributed by atoms with van der Waals surface area (Å²) in [7, 11) is 0. The molecule has 1 aromatic heterocycles. The average Bonchev–Trinajstić information content (AvgIpc) is 2.93. The fraction of sp³-hybridized carbons (Fsp3) is 0.474. The van der Waals surface area contributed by atoms with Crippen molar-refractivity contribution >= 4 is 22.3 Å². The number of hydrogen-bond donors (Lipinski definition) is 1. The summed E-state index contributed by atoms with van der Waals surface area (Å²) in [4.78, 5) is 14.7. The molecular formula is C19H27N2O2S+. The predicted octanol–water partition coefficient (Wildman–Crippen LogP) is 4.34. The third kappa shape index (κ3) is 4.15. The Kier molecular flexibility index (Phi) is 6.79. The van der Waals surface area contributed by atoms with Gasteiger partial charge in [0.1, 0.15) is 5.69 Å². The highest BCUT2D eigenvalue weighted by molar-refractivity contribution is 7.17. The lowest BCUT2D eigenvalue weighted by molar-refractivity contribution is -0.586. The maximum atomic E-state index is 11.9. The summed E-state index contributed by atoms with van der Waals surface area (Å²) >= 11 is 1.39. The Morgan fingerprint density at radius 2 is 1.71 bits per heavy atom. The highest BCUT2D eigenvalue weighted by Crippen LogP contribution is 2.31. The van der Waals surface area contributed by atoms with Gasteiger partial charge in [0, 0.05) is 6.92 Å². The van der Waals surface area contributed by atoms with Gasteiger partial charge in [-0.3, -0.25) is 9.69 Å². The van der Waals surface area contributed by atoms with Crippen molar-refractivity contribution in [1.29, 1.82) is 0 Å². The summed E-state index contributed by atoms with van der Waals surface area (Å²) in [6.07, 6.45) is 4.41. The van der Waals surface area contributed by atoms with Gasteiger partial charge in [0.2, 0.25) is 0 Å². The van der Waals surface area contributed by atoms with Gasteiger partial charge in [-0.15, -0.1) is 0 Å². The average molecular weight is 348 g/mol. The number of rotatable bonds is 9. The third-order valence-electron chi connectivity index (χ3n) is 3.97. The number of para-hydroxylation sites is 1. The number of carbonyl (C=O) groups is 1. The molecule has 5 heteroatoms. The first-order valence-electron chi connectivity index (χ1n) is 8.69. The molecule has 1 N–H and O–H groups in total. The zero-order chi connectivity index (χ0) is 17.5. The van der Waals surface area contributed by atoms with Crippen LogP contribution in [0.4, 0.5) is 5.13 Å². The van der Waals surface area contributed by atoms with E-state index in [4.69, 9.17) is 0 Å². The van der Waals surface area contributed by atoms with Crippen LogP contribution in [0.2, 0.25) is 0 Å². The van der Waals surface area contributed by atoms with E-state index in [1.165, 1.54) is 18.3 Å². The number of benzene rings is 1. The van der Waals surface area contributed by atoms with Crippen molar-refractivity contribution in [3.8, 4) is 11.6 Å². The topological polar surface area (TPSA) is 44.4 Å². The minimum absolute atomic E-state index is 0.0479. The molecule has 0 saturated heterocycles. The van der Waals surface area contributed by atoms with E-state index in [2.05, 4.69) is 18.7 Å². The van der Waals surface area contributed by atoms with Crippen LogP contribution in [-0.4, -0.2) is 24.0 Å². The van der Waals surface area contributed by atoms with Crippen LogP contribution in [0.25, 0.3) is 5.69 Å². The number of aromatic hydroxyl groups is 1. The first kappa shape index (κ1) is 18.5. The maximum Gasteiger partial charge on any atom is 0.345 e. The van der Waals surface area contributed by atoms with E-state index in [1.54, 1.807) is 0 Å². The zero-order valence-corrected chi connectivity index (χ0v) is 15.6. The standard InChI is InChI=1S/C19H26N2O2S/c1-4-6-13-20(14-7-5-2)19-21(16-11-9-8-10-12-16)18(23)17(24-19)15(3)22/h8-12H,4-7,13-14H2,1-3H3/p+1. The molecule has 24 heavy (non-hydrogen) atoms. The van der Waals surface area contributed by atoms with Crippen LogP contribution in [0.5, 0.6) is 5.88 Å². The van der Waals surface area contributed by atoms with Gasteiger partial charge in [0.25, 0.3) is 0 Å². The number of ketones is 1. The normalized spacial score (nSPS) is 10.8. The van der Waals surface area contributed by atoms with Gasteiger partial charge in [-0.1, -0.05) is 44.9 Å². The summed E-state index contributed by atoms with van der Waals surface area (Å²) in [5, 5.41) is 11.6. The fourth-order valence-corrected chi connectivity index (χ4v) is 3.72. The monoisotopic (exact) mass is 347 g/mol. The quantitative estimate of drug-likeness (QED) is 0.542. The van der Waals surface area contributed by atoms with Gasteiger partial charge >= 0.3 is 11.0 Å². The van der Waals surface area contributed by atoms with Crippen molar-refractivity contribution < 1.29 is 14.5 Å². The number of nitrogens with zero attached hydrogens (tertiary/aromatic N) is 2. The number of Topliss-reactive ketones (excluding diaryl/α,β-unsaturated/α-hetero) is 1. The van der Waals surface area contributed by atoms with Crippen molar-refractivity contribution in [2.75, 3.05) is 18.0 Å². The highest BCUT2D eigenvalue weighted by atomic mass is 32.1. The van der Waals surface area contributed by atoms with Crippen molar-refractivity contribution in [1.82, 2.24) is 0 Å². The van der Waals surface area contributed by atoms with Crippen molar-refractivity contribution in [3.05, 3.63) is 35.2 Å². The Morgan fingerprint density at radius 1 is 1.12 bits per heavy atom. The molecule has 130 valence electrons. The number of hydrogen-bond acceptors (Lipinski definition) is 4. The minimum Gasteiger partial charge on any atom is -0.476 e. The molecule has 0 radical (unpaired) electrons. The number of thiazole rings is 1. The maximum absolute atomic E-state index is 11.9. The summed E-state index contributed by atoms with van der Waals surface area (Å²) in [6.45, 7) is 7.72. The van der Waals surface area contributed by atoms with E-state index in [-0.39, 0.29) is 11.7 Å². The molecule has 0 aliphatic carbocycles. The number of carbonyl (C=O) groups excluding carboxylic acids is 1. The van der Waals surface area contributed by atoms with Gasteiger partial charge in [0.05, 0.1) is 13.1 Å². The van der Waals surface area contributed by atoms with Crippen LogP contribution in [-0.2, 0) is 0 Å². The molecule has 0 atom stereocenters. The van der Waals surface area contributed by atoms with Gasteiger partial charge < -0.3 is 5.11 Å². The lowest BCUT2D eigenvalue weighted by atomic mass is 10.2. The van der Waals surface area contributed by atoms with Crippen LogP contribution >= 0.6 is 11.3 Å². The molecule has 2 rings (SSSR count). The van der Waals surface area contributed by atoms with E-state index in [1.807, 2.05) is 34.9 Å². The second-order valence-corrected chi connectivity index (χ2v) is 6.94. The Balaban J connectivity index is 2.52. The summed E-state index contributed by atoms with van der Waals surface area (Å²) in [6, 6.07) is 9.75. The Morgan fingerprint density at radius 3 is 2.21 bits per heavy atom. The molecule has 4 nitrogen and oxygen atoms in total. The van der Waals surface area contributed by atoms with Gasteiger partial charge in [0.15, 0.2) is 10.7 Å².